The first-order valence-electron chi connectivity index (χ1n) is 10.5. The number of nitrogens with zero attached hydrogens (tertiary/aromatic N) is 3. The van der Waals surface area contributed by atoms with Crippen molar-refractivity contribution >= 4 is 40.9 Å². The second kappa shape index (κ2) is 8.61. The van der Waals surface area contributed by atoms with Gasteiger partial charge in [-0.25, -0.2) is 4.79 Å². The summed E-state index contributed by atoms with van der Waals surface area (Å²) in [5.74, 6) is -1.90. The van der Waals surface area contributed by atoms with Crippen molar-refractivity contribution in [3.8, 4) is 0 Å². The summed E-state index contributed by atoms with van der Waals surface area (Å²) >= 11 is 0. The first kappa shape index (κ1) is 23.0. The lowest BCUT2D eigenvalue weighted by Crippen LogP contribution is -2.41. The van der Waals surface area contributed by atoms with Gasteiger partial charge in [0.25, 0.3) is 11.8 Å². The number of H-pyrrole nitrogens is 1. The van der Waals surface area contributed by atoms with E-state index in [1.54, 1.807) is 25.9 Å². The van der Waals surface area contributed by atoms with Crippen LogP contribution in [0.25, 0.3) is 11.6 Å². The number of aromatic amines is 1. The van der Waals surface area contributed by atoms with Crippen molar-refractivity contribution in [2.75, 3.05) is 32.5 Å². The van der Waals surface area contributed by atoms with Crippen molar-refractivity contribution in [3.05, 3.63) is 56.6 Å². The molecule has 0 radical (unpaired) electrons. The normalized spacial score (nSPS) is 18.1. The molecule has 2 aromatic rings. The van der Waals surface area contributed by atoms with E-state index in [0.717, 1.165) is 12.1 Å². The molecule has 1 aromatic heterocycles. The zero-order chi connectivity index (χ0) is 24.7. The van der Waals surface area contributed by atoms with Gasteiger partial charge >= 0.3 is 11.7 Å². The molecule has 1 atom stereocenters. The zero-order valence-corrected chi connectivity index (χ0v) is 18.8. The van der Waals surface area contributed by atoms with E-state index in [1.807, 2.05) is 0 Å². The number of hydrogen-bond donors (Lipinski definition) is 3. The van der Waals surface area contributed by atoms with Gasteiger partial charge in [0, 0.05) is 62.8 Å². The quantitative estimate of drug-likeness (QED) is 0.357. The molecule has 1 aromatic carbocycles. The third-order valence-electron chi connectivity index (χ3n) is 5.96. The monoisotopic (exact) mass is 470 g/mol. The molecule has 0 bridgehead atoms. The lowest BCUT2D eigenvalue weighted by Gasteiger charge is -2.21. The zero-order valence-electron chi connectivity index (χ0n) is 18.8. The highest BCUT2D eigenvalue weighted by molar-refractivity contribution is 6.35. The molecule has 12 heteroatoms. The van der Waals surface area contributed by atoms with Crippen molar-refractivity contribution in [2.45, 2.75) is 19.4 Å². The molecule has 1 saturated heterocycles. The highest BCUT2D eigenvalue weighted by atomic mass is 19.1. The minimum atomic E-state index is -1.04. The van der Waals surface area contributed by atoms with Crippen molar-refractivity contribution < 1.29 is 23.7 Å². The van der Waals surface area contributed by atoms with Gasteiger partial charge in [-0.15, -0.1) is 0 Å². The molecule has 0 saturated carbocycles. The molecule has 2 aliphatic heterocycles. The standard InChI is InChI=1S/C22H23FN6O5/c1-11-15(21(31)25-12-4-5-28(10-12)22(32)27(2)3)9-24-17(11)6-14-13-7-19(29(33)34)16(23)8-18(13)26-20(14)30/h6-9,12,24H,4-5,10H2,1-3H3,(H,25,31)(H,26,30)/b14-6-/t12-/m0/s1. The predicted molar refractivity (Wildman–Crippen MR) is 122 cm³/mol. The summed E-state index contributed by atoms with van der Waals surface area (Å²) in [4.78, 5) is 53.7. The van der Waals surface area contributed by atoms with Crippen molar-refractivity contribution in [1.29, 1.82) is 0 Å². The molecule has 2 aliphatic rings. The minimum Gasteiger partial charge on any atom is -0.361 e. The van der Waals surface area contributed by atoms with E-state index in [-0.39, 0.29) is 34.8 Å². The summed E-state index contributed by atoms with van der Waals surface area (Å²) < 4.78 is 13.9. The Labute approximate surface area is 193 Å². The van der Waals surface area contributed by atoms with E-state index in [0.29, 0.717) is 36.3 Å². The number of urea groups is 1. The number of halogens is 1. The Hall–Kier alpha value is -4.22. The van der Waals surface area contributed by atoms with Crippen molar-refractivity contribution in [3.63, 3.8) is 0 Å². The van der Waals surface area contributed by atoms with Crippen LogP contribution in [0.5, 0.6) is 0 Å². The molecule has 34 heavy (non-hydrogen) atoms. The van der Waals surface area contributed by atoms with Gasteiger partial charge in [-0.1, -0.05) is 0 Å². The SMILES string of the molecule is Cc1c(C(=O)N[C@H]2CCN(C(=O)N(C)C)C2)c[nH]c1/C=C1\C(=O)Nc2cc(F)c([N+](=O)[O-])cc21. The fourth-order valence-electron chi connectivity index (χ4n) is 4.12. The summed E-state index contributed by atoms with van der Waals surface area (Å²) in [5, 5.41) is 16.5. The van der Waals surface area contributed by atoms with E-state index in [2.05, 4.69) is 15.6 Å². The Balaban J connectivity index is 1.54. The average Bonchev–Trinajstić information content (AvgIpc) is 3.45. The highest BCUT2D eigenvalue weighted by Gasteiger charge is 2.31. The fraction of sp³-hybridized carbons (Fsp3) is 0.318. The highest BCUT2D eigenvalue weighted by Crippen LogP contribution is 2.37. The number of nitro groups is 1. The second-order valence-electron chi connectivity index (χ2n) is 8.44. The topological polar surface area (TPSA) is 141 Å². The number of carbonyl (C=O) groups is 3. The smallest absolute Gasteiger partial charge is 0.319 e. The molecule has 3 N–H and O–H groups in total. The number of fused-ring (bicyclic) bond motifs is 1. The van der Waals surface area contributed by atoms with Gasteiger partial charge < -0.3 is 25.4 Å². The van der Waals surface area contributed by atoms with Gasteiger partial charge in [-0.2, -0.15) is 4.39 Å². The maximum Gasteiger partial charge on any atom is 0.319 e. The molecule has 0 spiro atoms. The van der Waals surface area contributed by atoms with Crippen LogP contribution in [-0.4, -0.2) is 70.8 Å². The van der Waals surface area contributed by atoms with Crippen LogP contribution in [0.2, 0.25) is 0 Å². The van der Waals surface area contributed by atoms with E-state index in [4.69, 9.17) is 0 Å². The van der Waals surface area contributed by atoms with Gasteiger partial charge in [-0.05, 0) is 25.0 Å². The molecular formula is C22H23FN6O5. The number of likely N-dealkylation sites (tertiary alicyclic amines) is 1. The third kappa shape index (κ3) is 4.09. The Morgan fingerprint density at radius 1 is 1.35 bits per heavy atom. The lowest BCUT2D eigenvalue weighted by atomic mass is 10.0. The number of nitrogens with one attached hydrogen (secondary N) is 3. The van der Waals surface area contributed by atoms with Crippen LogP contribution in [0.4, 0.5) is 20.6 Å². The molecule has 4 rings (SSSR count). The Morgan fingerprint density at radius 2 is 2.09 bits per heavy atom. The molecule has 0 aliphatic carbocycles. The summed E-state index contributed by atoms with van der Waals surface area (Å²) in [6.45, 7) is 2.66. The van der Waals surface area contributed by atoms with Crippen LogP contribution < -0.4 is 10.6 Å². The minimum absolute atomic E-state index is 0.112. The first-order valence-corrected chi connectivity index (χ1v) is 10.5. The largest absolute Gasteiger partial charge is 0.361 e. The van der Waals surface area contributed by atoms with E-state index in [1.165, 1.54) is 17.2 Å². The Kier molecular flexibility index (Phi) is 5.82. The Bertz CT molecular complexity index is 1250. The number of aromatic nitrogens is 1. The number of carbonyl (C=O) groups excluding carboxylic acids is 3. The number of amides is 4. The number of rotatable bonds is 4. The molecule has 0 unspecified atom stereocenters. The number of hydrogen-bond acceptors (Lipinski definition) is 5. The first-order chi connectivity index (χ1) is 16.1. The molecule has 3 heterocycles. The number of anilines is 1. The number of benzene rings is 1. The van der Waals surface area contributed by atoms with Gasteiger partial charge in [0.15, 0.2) is 0 Å². The van der Waals surface area contributed by atoms with E-state index >= 15 is 0 Å². The summed E-state index contributed by atoms with van der Waals surface area (Å²) in [6, 6.07) is 1.63. The third-order valence-corrected chi connectivity index (χ3v) is 5.96. The Morgan fingerprint density at radius 3 is 2.76 bits per heavy atom. The fourth-order valence-corrected chi connectivity index (χ4v) is 4.12. The number of nitro benzene ring substituents is 1. The van der Waals surface area contributed by atoms with Crippen LogP contribution in [0.1, 0.15) is 33.6 Å². The van der Waals surface area contributed by atoms with Crippen LogP contribution >= 0.6 is 0 Å². The second-order valence-corrected chi connectivity index (χ2v) is 8.44. The molecule has 178 valence electrons. The predicted octanol–water partition coefficient (Wildman–Crippen LogP) is 2.35. The van der Waals surface area contributed by atoms with Crippen molar-refractivity contribution in [2.24, 2.45) is 0 Å². The van der Waals surface area contributed by atoms with Crippen LogP contribution in [-0.2, 0) is 4.79 Å². The van der Waals surface area contributed by atoms with E-state index in [9.17, 15) is 28.9 Å². The van der Waals surface area contributed by atoms with Crippen LogP contribution in [0.3, 0.4) is 0 Å². The van der Waals surface area contributed by atoms with Gasteiger partial charge in [0.05, 0.1) is 21.7 Å². The van der Waals surface area contributed by atoms with Crippen LogP contribution in [0.15, 0.2) is 18.3 Å². The van der Waals surface area contributed by atoms with Crippen molar-refractivity contribution in [1.82, 2.24) is 20.1 Å². The maximum atomic E-state index is 13.9. The summed E-state index contributed by atoms with van der Waals surface area (Å²) in [6.07, 6.45) is 3.62. The van der Waals surface area contributed by atoms with Gasteiger partial charge in [0.2, 0.25) is 5.82 Å². The summed E-state index contributed by atoms with van der Waals surface area (Å²) in [7, 11) is 3.34. The van der Waals surface area contributed by atoms with Gasteiger partial charge in [-0.3, -0.25) is 19.7 Å². The molecule has 1 fully saturated rings. The van der Waals surface area contributed by atoms with E-state index < -0.39 is 22.3 Å². The molecule has 4 amide bonds. The average molecular weight is 470 g/mol. The molecular weight excluding hydrogens is 447 g/mol. The van der Waals surface area contributed by atoms with Gasteiger partial charge in [0.1, 0.15) is 0 Å². The maximum absolute atomic E-state index is 13.9. The lowest BCUT2D eigenvalue weighted by molar-refractivity contribution is -0.387. The summed E-state index contributed by atoms with van der Waals surface area (Å²) in [5.41, 5.74) is 1.13. The van der Waals surface area contributed by atoms with Crippen LogP contribution in [0, 0.1) is 22.9 Å². The molecule has 11 nitrogen and oxygen atoms in total.